The lowest BCUT2D eigenvalue weighted by atomic mass is 9.94. The Kier molecular flexibility index (Phi) is 22.1. The van der Waals surface area contributed by atoms with Crippen molar-refractivity contribution in [3.63, 3.8) is 0 Å². The van der Waals surface area contributed by atoms with Gasteiger partial charge in [0.15, 0.2) is 0 Å². The number of amides is 2. The van der Waals surface area contributed by atoms with Gasteiger partial charge >= 0.3 is 12.2 Å². The molecule has 0 aromatic carbocycles. The number of carbonyl (C=O) groups is 2. The van der Waals surface area contributed by atoms with Crippen molar-refractivity contribution in [3.05, 3.63) is 24.4 Å². The van der Waals surface area contributed by atoms with Crippen molar-refractivity contribution in [1.82, 2.24) is 10.3 Å². The number of anilines is 1. The molecule has 0 bridgehead atoms. The zero-order valence-electron chi connectivity index (χ0n) is 28.8. The van der Waals surface area contributed by atoms with E-state index in [2.05, 4.69) is 22.5 Å². The Bertz CT molecular complexity index is 909. The second-order valence-corrected chi connectivity index (χ2v) is 12.1. The first-order valence-electron chi connectivity index (χ1n) is 17.5. The van der Waals surface area contributed by atoms with E-state index < -0.39 is 42.7 Å². The zero-order valence-corrected chi connectivity index (χ0v) is 28.8. The van der Waals surface area contributed by atoms with Crippen molar-refractivity contribution in [3.8, 4) is 0 Å². The van der Waals surface area contributed by atoms with Crippen molar-refractivity contribution < 1.29 is 38.0 Å². The fourth-order valence-corrected chi connectivity index (χ4v) is 5.91. The quantitative estimate of drug-likeness (QED) is 0.104. The number of nitrogens with zero attached hydrogens (tertiary/aromatic N) is 1. The molecule has 0 aliphatic carbocycles. The largest absolute Gasteiger partial charge is 0.447 e. The Morgan fingerprint density at radius 2 is 1.15 bits per heavy atom. The normalized spacial score (nSPS) is 21.1. The van der Waals surface area contributed by atoms with Crippen LogP contribution in [0.2, 0.25) is 0 Å². The first-order chi connectivity index (χ1) is 22.5. The van der Waals surface area contributed by atoms with Gasteiger partial charge in [0.05, 0.1) is 0 Å². The molecule has 264 valence electrons. The minimum atomic E-state index is -0.683. The van der Waals surface area contributed by atoms with E-state index in [0.717, 1.165) is 12.8 Å². The lowest BCUT2D eigenvalue weighted by molar-refractivity contribution is -0.253. The van der Waals surface area contributed by atoms with E-state index in [0.29, 0.717) is 12.4 Å². The molecule has 11 nitrogen and oxygen atoms in total. The summed E-state index contributed by atoms with van der Waals surface area (Å²) < 4.78 is 34.0. The number of hydrogen-bond donors (Lipinski definition) is 2. The Balaban J connectivity index is 1.59. The molecule has 1 saturated heterocycles. The number of hydrogen-bond acceptors (Lipinski definition) is 9. The fourth-order valence-electron chi connectivity index (χ4n) is 5.91. The van der Waals surface area contributed by atoms with Crippen LogP contribution in [0.4, 0.5) is 15.4 Å². The molecule has 11 heteroatoms. The Morgan fingerprint density at radius 3 is 1.61 bits per heavy atom. The van der Waals surface area contributed by atoms with Crippen LogP contribution in [-0.4, -0.2) is 88.8 Å². The number of aromatic nitrogens is 1. The number of pyridine rings is 1. The molecule has 1 aliphatic rings. The van der Waals surface area contributed by atoms with Crippen LogP contribution in [0.5, 0.6) is 0 Å². The van der Waals surface area contributed by atoms with Crippen LogP contribution in [0.1, 0.15) is 110 Å². The van der Waals surface area contributed by atoms with Crippen molar-refractivity contribution in [1.29, 1.82) is 0 Å². The minimum absolute atomic E-state index is 0.0593. The van der Waals surface area contributed by atoms with Crippen LogP contribution < -0.4 is 10.6 Å². The molecular formula is C35H61N3O8. The van der Waals surface area contributed by atoms with Crippen molar-refractivity contribution in [2.24, 2.45) is 0 Å². The third-order valence-electron chi connectivity index (χ3n) is 8.50. The van der Waals surface area contributed by atoms with Crippen LogP contribution in [0, 0.1) is 0 Å². The molecule has 1 aromatic heterocycles. The van der Waals surface area contributed by atoms with E-state index in [1.54, 1.807) is 31.5 Å². The summed E-state index contributed by atoms with van der Waals surface area (Å²) in [7, 11) is 4.60. The number of nitrogens with one attached hydrogen (secondary N) is 2. The van der Waals surface area contributed by atoms with Gasteiger partial charge in [-0.25, -0.2) is 14.6 Å². The van der Waals surface area contributed by atoms with Crippen molar-refractivity contribution >= 4 is 18.0 Å². The first-order valence-corrected chi connectivity index (χ1v) is 17.5. The molecule has 1 aliphatic heterocycles. The molecule has 0 spiro atoms. The molecule has 2 amide bonds. The van der Waals surface area contributed by atoms with E-state index in [9.17, 15) is 9.59 Å². The van der Waals surface area contributed by atoms with Crippen LogP contribution in [-0.2, 0) is 28.4 Å². The van der Waals surface area contributed by atoms with Crippen LogP contribution in [0.25, 0.3) is 0 Å². The van der Waals surface area contributed by atoms with E-state index in [-0.39, 0.29) is 13.2 Å². The summed E-state index contributed by atoms with van der Waals surface area (Å²) >= 11 is 0. The van der Waals surface area contributed by atoms with Gasteiger partial charge in [0, 0.05) is 34.1 Å². The zero-order chi connectivity index (χ0) is 33.2. The number of alkyl carbamates (subject to hydrolysis) is 1. The van der Waals surface area contributed by atoms with Gasteiger partial charge in [0.2, 0.25) is 0 Å². The number of ether oxygens (including phenoxy) is 6. The minimum Gasteiger partial charge on any atom is -0.447 e. The Morgan fingerprint density at radius 1 is 0.674 bits per heavy atom. The van der Waals surface area contributed by atoms with E-state index in [4.69, 9.17) is 28.4 Å². The van der Waals surface area contributed by atoms with Gasteiger partial charge in [-0.3, -0.25) is 5.32 Å². The average Bonchev–Trinajstić information content (AvgIpc) is 3.07. The summed E-state index contributed by atoms with van der Waals surface area (Å²) in [5.74, 6) is 0.367. The van der Waals surface area contributed by atoms with Gasteiger partial charge in [0.25, 0.3) is 0 Å². The molecule has 2 heterocycles. The third-order valence-corrected chi connectivity index (χ3v) is 8.50. The highest BCUT2D eigenvalue weighted by Gasteiger charge is 2.48. The molecule has 0 unspecified atom stereocenters. The predicted molar refractivity (Wildman–Crippen MR) is 179 cm³/mol. The van der Waals surface area contributed by atoms with Gasteiger partial charge < -0.3 is 33.7 Å². The first kappa shape index (κ1) is 39.7. The van der Waals surface area contributed by atoms with Gasteiger partial charge in [-0.05, 0) is 18.6 Å². The SMILES string of the molecule is CCCCCCCCCCCCCCCCCCNC(=O)OC[C@H]1O[C@H](COC(=O)Nc2ccccn2)[C@H](OC)[C@@H](OC)[C@@H]1OC. The lowest BCUT2D eigenvalue weighted by Crippen LogP contribution is -2.61. The topological polar surface area (TPSA) is 126 Å². The van der Waals surface area contributed by atoms with Crippen LogP contribution in [0.15, 0.2) is 24.4 Å². The molecule has 1 aromatic rings. The van der Waals surface area contributed by atoms with E-state index >= 15 is 0 Å². The number of methoxy groups -OCH3 is 3. The van der Waals surface area contributed by atoms with Crippen LogP contribution >= 0.6 is 0 Å². The summed E-state index contributed by atoms with van der Waals surface area (Å²) in [6, 6.07) is 5.15. The van der Waals surface area contributed by atoms with Gasteiger partial charge in [0.1, 0.15) is 49.6 Å². The summed E-state index contributed by atoms with van der Waals surface area (Å²) in [4.78, 5) is 28.8. The fraction of sp³-hybridized carbons (Fsp3) is 0.800. The number of rotatable bonds is 25. The maximum atomic E-state index is 12.4. The van der Waals surface area contributed by atoms with Crippen molar-refractivity contribution in [2.75, 3.05) is 46.4 Å². The van der Waals surface area contributed by atoms with E-state index in [1.807, 2.05) is 0 Å². The van der Waals surface area contributed by atoms with Crippen LogP contribution in [0.3, 0.4) is 0 Å². The number of unbranched alkanes of at least 4 members (excludes halogenated alkanes) is 15. The second kappa shape index (κ2) is 25.6. The number of carbonyl (C=O) groups excluding carboxylic acids is 2. The molecule has 46 heavy (non-hydrogen) atoms. The molecule has 5 atom stereocenters. The van der Waals surface area contributed by atoms with E-state index in [1.165, 1.54) is 104 Å². The predicted octanol–water partition coefficient (Wildman–Crippen LogP) is 7.43. The van der Waals surface area contributed by atoms with Gasteiger partial charge in [-0.1, -0.05) is 109 Å². The average molecular weight is 652 g/mol. The van der Waals surface area contributed by atoms with Gasteiger partial charge in [-0.15, -0.1) is 0 Å². The third kappa shape index (κ3) is 16.4. The van der Waals surface area contributed by atoms with Gasteiger partial charge in [-0.2, -0.15) is 0 Å². The highest BCUT2D eigenvalue weighted by atomic mass is 16.6. The second-order valence-electron chi connectivity index (χ2n) is 12.1. The Labute approximate surface area is 277 Å². The molecular weight excluding hydrogens is 590 g/mol. The molecule has 0 radical (unpaired) electrons. The molecule has 2 rings (SSSR count). The molecule has 2 N–H and O–H groups in total. The lowest BCUT2D eigenvalue weighted by Gasteiger charge is -2.44. The maximum absolute atomic E-state index is 12.4. The molecule has 1 fully saturated rings. The maximum Gasteiger partial charge on any atom is 0.412 e. The van der Waals surface area contributed by atoms with Crippen molar-refractivity contribution in [2.45, 2.75) is 140 Å². The summed E-state index contributed by atoms with van der Waals surface area (Å²) in [6.45, 7) is 2.65. The summed E-state index contributed by atoms with van der Waals surface area (Å²) in [5, 5.41) is 5.39. The Hall–Kier alpha value is -2.47. The monoisotopic (exact) mass is 651 g/mol. The standard InChI is InChI=1S/C35H61N3O8/c1-5-6-7-8-9-10-11-12-13-14-15-16-17-18-19-21-25-37-34(39)44-26-28-31(41-2)33(43-4)32(42-3)29(46-28)27-45-35(40)38-30-23-20-22-24-36-30/h20,22-24,28-29,31-33H,5-19,21,25-27H2,1-4H3,(H,37,39)(H,36,38,40)/t28-,29-,31-,32+,33+/m1/s1. The molecule has 0 saturated carbocycles. The summed E-state index contributed by atoms with van der Waals surface area (Å²) in [6.07, 6.45) is 18.2. The highest BCUT2D eigenvalue weighted by molar-refractivity contribution is 5.83. The smallest absolute Gasteiger partial charge is 0.412 e. The summed E-state index contributed by atoms with van der Waals surface area (Å²) in [5.41, 5.74) is 0. The highest BCUT2D eigenvalue weighted by Crippen LogP contribution is 2.28.